The summed E-state index contributed by atoms with van der Waals surface area (Å²) in [6.07, 6.45) is 11.2. The van der Waals surface area contributed by atoms with Crippen LogP contribution in [0.4, 0.5) is 4.79 Å². The van der Waals surface area contributed by atoms with Gasteiger partial charge in [0.25, 0.3) is 0 Å². The lowest BCUT2D eigenvalue weighted by Crippen LogP contribution is -2.24. The summed E-state index contributed by atoms with van der Waals surface area (Å²) in [5.41, 5.74) is 7.23. The Bertz CT molecular complexity index is 305. The van der Waals surface area contributed by atoms with Gasteiger partial charge in [-0.3, -0.25) is 0 Å². The fourth-order valence-corrected chi connectivity index (χ4v) is 1.61. The Morgan fingerprint density at radius 1 is 1.62 bits per heavy atom. The highest BCUT2D eigenvalue weighted by Gasteiger charge is 2.50. The maximum atomic E-state index is 10.3. The lowest BCUT2D eigenvalue weighted by Gasteiger charge is -1.97. The molecular formula is C9H11N3O. The standard InChI is InChI=1S/C9H11N3O/c10-8(13)12-11-6-7-5-9(7)3-1-2-4-9/h1-4,6-7H,5H2,(H3,10,12,13)/b11-6-. The van der Waals surface area contributed by atoms with Crippen LogP contribution < -0.4 is 11.2 Å². The van der Waals surface area contributed by atoms with Crippen molar-refractivity contribution in [3.63, 3.8) is 0 Å². The van der Waals surface area contributed by atoms with Crippen molar-refractivity contribution in [2.75, 3.05) is 0 Å². The number of nitrogens with two attached hydrogens (primary N) is 1. The lowest BCUT2D eigenvalue weighted by molar-refractivity contribution is 0.249. The molecule has 1 saturated carbocycles. The van der Waals surface area contributed by atoms with E-state index in [9.17, 15) is 4.79 Å². The minimum atomic E-state index is -0.622. The van der Waals surface area contributed by atoms with Gasteiger partial charge in [-0.25, -0.2) is 10.2 Å². The van der Waals surface area contributed by atoms with Gasteiger partial charge in [0, 0.05) is 17.5 Å². The Labute approximate surface area is 76.2 Å². The zero-order chi connectivity index (χ0) is 9.31. The number of carbonyl (C=O) groups is 1. The second-order valence-corrected chi connectivity index (χ2v) is 3.40. The zero-order valence-electron chi connectivity index (χ0n) is 7.10. The number of carbonyl (C=O) groups excluding carboxylic acids is 1. The van der Waals surface area contributed by atoms with E-state index in [4.69, 9.17) is 5.73 Å². The van der Waals surface area contributed by atoms with Crippen molar-refractivity contribution in [3.05, 3.63) is 24.3 Å². The minimum Gasteiger partial charge on any atom is -0.350 e. The van der Waals surface area contributed by atoms with E-state index in [0.29, 0.717) is 5.92 Å². The number of amides is 2. The van der Waals surface area contributed by atoms with Crippen molar-refractivity contribution >= 4 is 12.2 Å². The minimum absolute atomic E-state index is 0.197. The summed E-state index contributed by atoms with van der Waals surface area (Å²) in [4.78, 5) is 10.3. The van der Waals surface area contributed by atoms with Crippen LogP contribution in [-0.2, 0) is 0 Å². The molecule has 13 heavy (non-hydrogen) atoms. The molecule has 1 unspecified atom stereocenters. The van der Waals surface area contributed by atoms with Crippen molar-refractivity contribution in [3.8, 4) is 0 Å². The van der Waals surface area contributed by atoms with Crippen LogP contribution in [0.15, 0.2) is 29.4 Å². The van der Waals surface area contributed by atoms with Gasteiger partial charge in [-0.1, -0.05) is 24.3 Å². The van der Waals surface area contributed by atoms with Gasteiger partial charge >= 0.3 is 6.03 Å². The number of primary amides is 1. The molecule has 0 aromatic carbocycles. The quantitative estimate of drug-likeness (QED) is 0.475. The highest BCUT2D eigenvalue weighted by molar-refractivity contribution is 5.75. The van der Waals surface area contributed by atoms with E-state index >= 15 is 0 Å². The Morgan fingerprint density at radius 2 is 2.31 bits per heavy atom. The number of nitrogens with one attached hydrogen (secondary N) is 1. The largest absolute Gasteiger partial charge is 0.350 e. The Morgan fingerprint density at radius 3 is 2.92 bits per heavy atom. The number of hydrogen-bond donors (Lipinski definition) is 2. The molecule has 1 atom stereocenters. The van der Waals surface area contributed by atoms with Crippen LogP contribution in [0.3, 0.4) is 0 Å². The summed E-state index contributed by atoms with van der Waals surface area (Å²) < 4.78 is 0. The highest BCUT2D eigenvalue weighted by atomic mass is 16.2. The first-order valence-electron chi connectivity index (χ1n) is 4.19. The van der Waals surface area contributed by atoms with Crippen molar-refractivity contribution in [2.45, 2.75) is 6.42 Å². The first-order valence-corrected chi connectivity index (χ1v) is 4.19. The molecule has 2 aliphatic rings. The van der Waals surface area contributed by atoms with E-state index in [1.54, 1.807) is 6.21 Å². The summed E-state index contributed by atoms with van der Waals surface area (Å²) in [7, 11) is 0. The SMILES string of the molecule is NC(=O)N/N=C\C1CC12C=CC=C2. The van der Waals surface area contributed by atoms with E-state index in [2.05, 4.69) is 22.7 Å². The fraction of sp³-hybridized carbons (Fsp3) is 0.333. The van der Waals surface area contributed by atoms with Crippen LogP contribution >= 0.6 is 0 Å². The third kappa shape index (κ3) is 1.47. The van der Waals surface area contributed by atoms with Gasteiger partial charge in [-0.2, -0.15) is 5.10 Å². The molecule has 0 heterocycles. The van der Waals surface area contributed by atoms with Crippen molar-refractivity contribution in [2.24, 2.45) is 22.2 Å². The Hall–Kier alpha value is -1.58. The molecule has 3 N–H and O–H groups in total. The number of urea groups is 1. The maximum Gasteiger partial charge on any atom is 0.332 e. The van der Waals surface area contributed by atoms with Crippen LogP contribution in [0.5, 0.6) is 0 Å². The van der Waals surface area contributed by atoms with Crippen molar-refractivity contribution in [1.82, 2.24) is 5.43 Å². The molecule has 4 heteroatoms. The number of hydrogen-bond acceptors (Lipinski definition) is 2. The van der Waals surface area contributed by atoms with Gasteiger partial charge in [0.1, 0.15) is 0 Å². The number of rotatable bonds is 2. The maximum absolute atomic E-state index is 10.3. The van der Waals surface area contributed by atoms with Crippen LogP contribution in [-0.4, -0.2) is 12.2 Å². The molecule has 0 radical (unpaired) electrons. The van der Waals surface area contributed by atoms with Crippen LogP contribution in [0, 0.1) is 11.3 Å². The van der Waals surface area contributed by atoms with E-state index in [1.165, 1.54) is 0 Å². The molecular weight excluding hydrogens is 166 g/mol. The smallest absolute Gasteiger partial charge is 0.332 e. The van der Waals surface area contributed by atoms with E-state index < -0.39 is 6.03 Å². The van der Waals surface area contributed by atoms with Gasteiger partial charge < -0.3 is 5.73 Å². The molecule has 4 nitrogen and oxygen atoms in total. The first-order chi connectivity index (χ1) is 6.23. The second kappa shape index (κ2) is 2.73. The number of nitrogens with zero attached hydrogens (tertiary/aromatic N) is 1. The summed E-state index contributed by atoms with van der Waals surface area (Å²) in [5.74, 6) is 0.411. The molecule has 2 amide bonds. The fourth-order valence-electron chi connectivity index (χ4n) is 1.61. The summed E-state index contributed by atoms with van der Waals surface area (Å²) in [6, 6.07) is -0.622. The molecule has 68 valence electrons. The molecule has 0 aliphatic heterocycles. The summed E-state index contributed by atoms with van der Waals surface area (Å²) in [6.45, 7) is 0. The topological polar surface area (TPSA) is 67.5 Å². The van der Waals surface area contributed by atoms with Gasteiger partial charge in [0.2, 0.25) is 0 Å². The number of allylic oxidation sites excluding steroid dienone is 4. The van der Waals surface area contributed by atoms with E-state index in [1.807, 2.05) is 12.2 Å². The molecule has 1 fully saturated rings. The molecule has 0 saturated heterocycles. The highest BCUT2D eigenvalue weighted by Crippen LogP contribution is 2.55. The van der Waals surface area contributed by atoms with E-state index in [-0.39, 0.29) is 5.41 Å². The third-order valence-electron chi connectivity index (χ3n) is 2.46. The third-order valence-corrected chi connectivity index (χ3v) is 2.46. The van der Waals surface area contributed by atoms with Crippen molar-refractivity contribution < 1.29 is 4.79 Å². The Balaban J connectivity index is 1.87. The van der Waals surface area contributed by atoms with Crippen LogP contribution in [0.25, 0.3) is 0 Å². The number of hydrazone groups is 1. The van der Waals surface area contributed by atoms with Gasteiger partial charge in [-0.15, -0.1) is 0 Å². The van der Waals surface area contributed by atoms with Gasteiger partial charge in [0.05, 0.1) is 0 Å². The van der Waals surface area contributed by atoms with Crippen molar-refractivity contribution in [1.29, 1.82) is 0 Å². The van der Waals surface area contributed by atoms with Gasteiger partial charge in [0.15, 0.2) is 0 Å². The molecule has 2 aliphatic carbocycles. The Kier molecular flexibility index (Phi) is 1.69. The summed E-state index contributed by atoms with van der Waals surface area (Å²) in [5, 5.41) is 3.73. The predicted molar refractivity (Wildman–Crippen MR) is 50.0 cm³/mol. The molecule has 0 aromatic rings. The lowest BCUT2D eigenvalue weighted by atomic mass is 10.1. The normalized spacial score (nSPS) is 27.2. The van der Waals surface area contributed by atoms with Crippen LogP contribution in [0.2, 0.25) is 0 Å². The van der Waals surface area contributed by atoms with Gasteiger partial charge in [-0.05, 0) is 6.42 Å². The summed E-state index contributed by atoms with van der Waals surface area (Å²) >= 11 is 0. The van der Waals surface area contributed by atoms with E-state index in [0.717, 1.165) is 6.42 Å². The molecule has 2 rings (SSSR count). The molecule has 1 spiro atoms. The molecule has 0 aromatic heterocycles. The predicted octanol–water partition coefficient (Wildman–Crippen LogP) is 0.773. The average molecular weight is 177 g/mol. The van der Waals surface area contributed by atoms with Crippen LogP contribution in [0.1, 0.15) is 6.42 Å². The first kappa shape index (κ1) is 8.04. The molecule has 0 bridgehead atoms. The second-order valence-electron chi connectivity index (χ2n) is 3.40. The average Bonchev–Trinajstić information content (AvgIpc) is 2.54. The monoisotopic (exact) mass is 177 g/mol. The zero-order valence-corrected chi connectivity index (χ0v) is 7.10.